The summed E-state index contributed by atoms with van der Waals surface area (Å²) in [6.45, 7) is 2.03. The summed E-state index contributed by atoms with van der Waals surface area (Å²) in [7, 11) is -1.25. The number of rotatable bonds is 10. The quantitative estimate of drug-likeness (QED) is 0.445. The number of carbonyl (C=O) groups excluding carboxylic acids is 2. The second-order valence-corrected chi connectivity index (χ2v) is 8.55. The van der Waals surface area contributed by atoms with E-state index < -0.39 is 17.0 Å². The molecule has 0 aliphatic carbocycles. The number of aromatic nitrogens is 1. The number of hydrogen-bond donors (Lipinski definition) is 2. The van der Waals surface area contributed by atoms with E-state index in [2.05, 4.69) is 15.0 Å². The third kappa shape index (κ3) is 7.54. The molecule has 2 N–H and O–H groups in total. The molecule has 0 spiro atoms. The van der Waals surface area contributed by atoms with E-state index in [4.69, 9.17) is 4.74 Å². The summed E-state index contributed by atoms with van der Waals surface area (Å²) in [4.78, 5) is 29.0. The maximum absolute atomic E-state index is 12.8. The Morgan fingerprint density at radius 3 is 2.30 bits per heavy atom. The van der Waals surface area contributed by atoms with E-state index in [0.29, 0.717) is 17.8 Å². The average Bonchev–Trinajstić information content (AvgIpc) is 2.80. The van der Waals surface area contributed by atoms with E-state index in [1.165, 1.54) is 12.5 Å². The van der Waals surface area contributed by atoms with Crippen molar-refractivity contribution in [2.45, 2.75) is 25.8 Å². The number of benzene rings is 2. The summed E-state index contributed by atoms with van der Waals surface area (Å²) >= 11 is 0. The summed E-state index contributed by atoms with van der Waals surface area (Å²) in [5.74, 6) is -0.303. The van der Waals surface area contributed by atoms with Crippen LogP contribution in [0.15, 0.2) is 72.9 Å². The van der Waals surface area contributed by atoms with Crippen LogP contribution in [-0.4, -0.2) is 40.0 Å². The Labute approximate surface area is 196 Å². The van der Waals surface area contributed by atoms with Gasteiger partial charge >= 0.3 is 5.97 Å². The molecule has 8 heteroatoms. The number of pyridine rings is 1. The average molecular weight is 466 g/mol. The predicted molar refractivity (Wildman–Crippen MR) is 130 cm³/mol. The first-order chi connectivity index (χ1) is 15.9. The molecule has 172 valence electrons. The van der Waals surface area contributed by atoms with Crippen LogP contribution in [0.3, 0.4) is 0 Å². The van der Waals surface area contributed by atoms with Crippen molar-refractivity contribution in [2.75, 3.05) is 17.6 Å². The summed E-state index contributed by atoms with van der Waals surface area (Å²) in [5, 5.41) is 2.92. The lowest BCUT2D eigenvalue weighted by molar-refractivity contribution is -0.143. The largest absolute Gasteiger partial charge is 0.466 e. The summed E-state index contributed by atoms with van der Waals surface area (Å²) < 4.78 is 19.0. The molecule has 3 aromatic rings. The lowest BCUT2D eigenvalue weighted by atomic mass is 9.99. The number of esters is 1. The fourth-order valence-electron chi connectivity index (χ4n) is 3.35. The molecule has 2 atom stereocenters. The van der Waals surface area contributed by atoms with Crippen molar-refractivity contribution in [3.05, 3.63) is 84.1 Å². The van der Waals surface area contributed by atoms with Crippen molar-refractivity contribution in [3.8, 4) is 11.1 Å². The number of anilines is 1. The molecule has 1 aromatic heterocycles. The number of nitrogens with one attached hydrogen (secondary N) is 2. The van der Waals surface area contributed by atoms with Gasteiger partial charge in [-0.1, -0.05) is 54.6 Å². The second kappa shape index (κ2) is 11.9. The first-order valence-corrected chi connectivity index (χ1v) is 12.2. The lowest BCUT2D eigenvalue weighted by Gasteiger charge is -2.18. The first-order valence-electron chi connectivity index (χ1n) is 10.6. The predicted octanol–water partition coefficient (Wildman–Crippen LogP) is 3.75. The minimum Gasteiger partial charge on any atom is -0.466 e. The van der Waals surface area contributed by atoms with Gasteiger partial charge in [0.15, 0.2) is 0 Å². The number of amides is 1. The zero-order valence-corrected chi connectivity index (χ0v) is 19.4. The molecule has 7 nitrogen and oxygen atoms in total. The first kappa shape index (κ1) is 24.1. The number of nitrogens with zero attached hydrogens (tertiary/aromatic N) is 1. The van der Waals surface area contributed by atoms with E-state index in [1.54, 1.807) is 19.1 Å². The highest BCUT2D eigenvalue weighted by molar-refractivity contribution is 7.85. The Morgan fingerprint density at radius 2 is 1.70 bits per heavy atom. The normalized spacial score (nSPS) is 12.4. The summed E-state index contributed by atoms with van der Waals surface area (Å²) in [5.41, 5.74) is 3.55. The van der Waals surface area contributed by atoms with Crippen LogP contribution < -0.4 is 10.0 Å². The fraction of sp³-hybridized carbons (Fsp3) is 0.240. The maximum atomic E-state index is 12.8. The molecule has 0 saturated heterocycles. The molecule has 0 saturated carbocycles. The van der Waals surface area contributed by atoms with E-state index in [-0.39, 0.29) is 24.9 Å². The standard InChI is InChI=1S/C25H27N3O4S/c1-3-32-24(29)16-22(27-25(30)21-13-14-23(26-17-21)28-33(2)31)15-18-9-11-20(12-10-18)19-7-5-4-6-8-19/h4-14,17,22H,3,15-16H2,1-2H3,(H,26,28)(H,27,30)/t22-,33?/m1/s1. The highest BCUT2D eigenvalue weighted by atomic mass is 32.2. The van der Waals surface area contributed by atoms with Gasteiger partial charge in [0.05, 0.1) is 18.6 Å². The van der Waals surface area contributed by atoms with Crippen LogP contribution in [0, 0.1) is 0 Å². The molecule has 2 aromatic carbocycles. The maximum Gasteiger partial charge on any atom is 0.307 e. The van der Waals surface area contributed by atoms with Crippen molar-refractivity contribution >= 4 is 28.7 Å². The number of hydrogen-bond acceptors (Lipinski definition) is 5. The van der Waals surface area contributed by atoms with Crippen LogP contribution in [0.1, 0.15) is 29.3 Å². The van der Waals surface area contributed by atoms with Gasteiger partial charge in [0.25, 0.3) is 5.91 Å². The van der Waals surface area contributed by atoms with Crippen LogP contribution in [-0.2, 0) is 26.9 Å². The fourth-order valence-corrected chi connectivity index (χ4v) is 3.76. The molecule has 0 radical (unpaired) electrons. The van der Waals surface area contributed by atoms with E-state index >= 15 is 0 Å². The Kier molecular flexibility index (Phi) is 8.71. The van der Waals surface area contributed by atoms with Gasteiger partial charge in [-0.2, -0.15) is 0 Å². The van der Waals surface area contributed by atoms with Crippen molar-refractivity contribution in [1.82, 2.24) is 10.3 Å². The van der Waals surface area contributed by atoms with Crippen molar-refractivity contribution in [3.63, 3.8) is 0 Å². The Balaban J connectivity index is 1.70. The van der Waals surface area contributed by atoms with Gasteiger partial charge in [-0.05, 0) is 42.2 Å². The number of ether oxygens (including phenoxy) is 1. The Morgan fingerprint density at radius 1 is 1.00 bits per heavy atom. The molecule has 1 unspecified atom stereocenters. The van der Waals surface area contributed by atoms with E-state index in [1.807, 2.05) is 54.6 Å². The SMILES string of the molecule is CCOC(=O)C[C@@H](Cc1ccc(-c2ccccc2)cc1)NC(=O)c1ccc(NS(C)=O)nc1. The molecule has 1 heterocycles. The highest BCUT2D eigenvalue weighted by Gasteiger charge is 2.19. The van der Waals surface area contributed by atoms with Crippen molar-refractivity contribution in [1.29, 1.82) is 0 Å². The molecule has 0 bridgehead atoms. The zero-order valence-electron chi connectivity index (χ0n) is 18.6. The van der Waals surface area contributed by atoms with E-state index in [9.17, 15) is 13.8 Å². The summed E-state index contributed by atoms with van der Waals surface area (Å²) in [6.07, 6.45) is 3.43. The smallest absolute Gasteiger partial charge is 0.307 e. The van der Waals surface area contributed by atoms with Gasteiger partial charge < -0.3 is 10.1 Å². The Hall–Kier alpha value is -3.52. The number of carbonyl (C=O) groups is 2. The molecule has 0 aliphatic rings. The Bertz CT molecular complexity index is 1090. The van der Waals surface area contributed by atoms with Gasteiger partial charge in [-0.25, -0.2) is 9.19 Å². The third-order valence-corrected chi connectivity index (χ3v) is 5.37. The second-order valence-electron chi connectivity index (χ2n) is 7.43. The van der Waals surface area contributed by atoms with Gasteiger partial charge in [0, 0.05) is 18.5 Å². The lowest BCUT2D eigenvalue weighted by Crippen LogP contribution is -2.38. The minimum absolute atomic E-state index is 0.0574. The van der Waals surface area contributed by atoms with Gasteiger partial charge in [0.2, 0.25) is 0 Å². The van der Waals surface area contributed by atoms with Crippen LogP contribution in [0.2, 0.25) is 0 Å². The molecule has 3 rings (SSSR count). The minimum atomic E-state index is -1.25. The van der Waals surface area contributed by atoms with E-state index in [0.717, 1.165) is 16.7 Å². The van der Waals surface area contributed by atoms with Crippen LogP contribution in [0.25, 0.3) is 11.1 Å². The highest BCUT2D eigenvalue weighted by Crippen LogP contribution is 2.20. The molecule has 0 fully saturated rings. The zero-order chi connectivity index (χ0) is 23.6. The van der Waals surface area contributed by atoms with Crippen LogP contribution >= 0.6 is 0 Å². The van der Waals surface area contributed by atoms with Crippen LogP contribution in [0.5, 0.6) is 0 Å². The molecular formula is C25H27N3O4S. The third-order valence-electron chi connectivity index (χ3n) is 4.87. The van der Waals surface area contributed by atoms with Crippen molar-refractivity contribution in [2.24, 2.45) is 0 Å². The molecule has 1 amide bonds. The van der Waals surface area contributed by atoms with Gasteiger partial charge in [0.1, 0.15) is 16.8 Å². The molecule has 33 heavy (non-hydrogen) atoms. The van der Waals surface area contributed by atoms with Gasteiger partial charge in [-0.15, -0.1) is 0 Å². The monoisotopic (exact) mass is 465 g/mol. The van der Waals surface area contributed by atoms with Gasteiger partial charge in [-0.3, -0.25) is 14.3 Å². The molecule has 0 aliphatic heterocycles. The van der Waals surface area contributed by atoms with Crippen molar-refractivity contribution < 1.29 is 18.5 Å². The summed E-state index contributed by atoms with van der Waals surface area (Å²) in [6, 6.07) is 20.8. The topological polar surface area (TPSA) is 97.4 Å². The van der Waals surface area contributed by atoms with Crippen LogP contribution in [0.4, 0.5) is 5.82 Å². The molecular weight excluding hydrogens is 438 g/mol.